The van der Waals surface area contributed by atoms with E-state index in [2.05, 4.69) is 44.9 Å². The molecule has 0 amide bonds. The molecule has 0 spiro atoms. The van der Waals surface area contributed by atoms with Crippen LogP contribution in [0.4, 0.5) is 5.95 Å². The number of pyridine rings is 1. The summed E-state index contributed by atoms with van der Waals surface area (Å²) in [7, 11) is 0. The van der Waals surface area contributed by atoms with Crippen LogP contribution in [0.2, 0.25) is 0 Å². The summed E-state index contributed by atoms with van der Waals surface area (Å²) in [6, 6.07) is 10.3. The van der Waals surface area contributed by atoms with Gasteiger partial charge in [0.2, 0.25) is 5.95 Å². The number of aromatic amines is 1. The van der Waals surface area contributed by atoms with Gasteiger partial charge in [-0.25, -0.2) is 4.98 Å². The molecule has 0 aliphatic carbocycles. The van der Waals surface area contributed by atoms with Crippen molar-refractivity contribution in [3.05, 3.63) is 63.7 Å². The molecule has 150 valence electrons. The summed E-state index contributed by atoms with van der Waals surface area (Å²) in [4.78, 5) is 29.8. The molecule has 0 saturated carbocycles. The second-order valence-corrected chi connectivity index (χ2v) is 8.43. The van der Waals surface area contributed by atoms with E-state index in [4.69, 9.17) is 4.98 Å². The normalized spacial score (nSPS) is 18.2. The van der Waals surface area contributed by atoms with Crippen molar-refractivity contribution in [3.63, 3.8) is 0 Å². The van der Waals surface area contributed by atoms with Crippen LogP contribution in [-0.4, -0.2) is 39.5 Å². The van der Waals surface area contributed by atoms with E-state index in [0.717, 1.165) is 74.1 Å². The van der Waals surface area contributed by atoms with Crippen molar-refractivity contribution in [2.24, 2.45) is 5.92 Å². The number of hydrogen-bond donors (Lipinski definition) is 1. The van der Waals surface area contributed by atoms with Crippen molar-refractivity contribution < 1.29 is 0 Å². The Morgan fingerprint density at radius 3 is 2.83 bits per heavy atom. The fourth-order valence-corrected chi connectivity index (χ4v) is 4.51. The SMILES string of the molecule is CC1CCN(c2nc3c(c(=O)[nH]2)CN(Cc2ccnc4ccccc24)CC3)CC1. The third-order valence-electron chi connectivity index (χ3n) is 6.35. The highest BCUT2D eigenvalue weighted by atomic mass is 16.1. The van der Waals surface area contributed by atoms with Gasteiger partial charge in [-0.2, -0.15) is 0 Å². The Bertz CT molecular complexity index is 1080. The Kier molecular flexibility index (Phi) is 4.79. The molecule has 1 N–H and O–H groups in total. The number of nitrogens with zero attached hydrogens (tertiary/aromatic N) is 4. The van der Waals surface area contributed by atoms with E-state index in [1.807, 2.05) is 18.3 Å². The lowest BCUT2D eigenvalue weighted by molar-refractivity contribution is 0.242. The summed E-state index contributed by atoms with van der Waals surface area (Å²) in [6.45, 7) is 6.62. The van der Waals surface area contributed by atoms with E-state index in [1.54, 1.807) is 0 Å². The van der Waals surface area contributed by atoms with Gasteiger partial charge in [0, 0.05) is 50.7 Å². The predicted octanol–water partition coefficient (Wildman–Crippen LogP) is 3.11. The highest BCUT2D eigenvalue weighted by molar-refractivity contribution is 5.81. The fourth-order valence-electron chi connectivity index (χ4n) is 4.51. The number of benzene rings is 1. The standard InChI is InChI=1S/C23H27N5O/c1-16-7-12-28(13-8-16)23-25-21-9-11-27(15-19(21)22(29)26-23)14-17-6-10-24-20-5-3-2-4-18(17)20/h2-6,10,16H,7-9,11-15H2,1H3,(H,25,26,29). The zero-order chi connectivity index (χ0) is 19.8. The van der Waals surface area contributed by atoms with Crippen LogP contribution in [0.1, 0.15) is 36.6 Å². The van der Waals surface area contributed by atoms with Crippen molar-refractivity contribution in [1.29, 1.82) is 0 Å². The number of aromatic nitrogens is 3. The number of para-hydroxylation sites is 1. The van der Waals surface area contributed by atoms with Crippen LogP contribution in [0.25, 0.3) is 10.9 Å². The third kappa shape index (κ3) is 3.65. The van der Waals surface area contributed by atoms with Gasteiger partial charge in [0.15, 0.2) is 0 Å². The molecule has 0 radical (unpaired) electrons. The zero-order valence-electron chi connectivity index (χ0n) is 16.9. The predicted molar refractivity (Wildman–Crippen MR) is 115 cm³/mol. The van der Waals surface area contributed by atoms with Crippen LogP contribution in [0, 0.1) is 5.92 Å². The highest BCUT2D eigenvalue weighted by Crippen LogP contribution is 2.24. The van der Waals surface area contributed by atoms with Crippen LogP contribution in [0.3, 0.4) is 0 Å². The number of fused-ring (bicyclic) bond motifs is 2. The van der Waals surface area contributed by atoms with Crippen molar-refractivity contribution in [1.82, 2.24) is 19.9 Å². The summed E-state index contributed by atoms with van der Waals surface area (Å²) in [5, 5.41) is 1.18. The van der Waals surface area contributed by atoms with Crippen LogP contribution in [0.5, 0.6) is 0 Å². The molecule has 6 nitrogen and oxygen atoms in total. The Morgan fingerprint density at radius 1 is 1.14 bits per heavy atom. The molecule has 0 bridgehead atoms. The average Bonchev–Trinajstić information content (AvgIpc) is 2.75. The first-order chi connectivity index (χ1) is 14.2. The molecule has 1 fully saturated rings. The fraction of sp³-hybridized carbons (Fsp3) is 0.435. The molecule has 2 aromatic heterocycles. The quantitative estimate of drug-likeness (QED) is 0.746. The van der Waals surface area contributed by atoms with Crippen LogP contribution in [0.15, 0.2) is 41.3 Å². The molecule has 0 atom stereocenters. The largest absolute Gasteiger partial charge is 0.342 e. The Hall–Kier alpha value is -2.73. The number of hydrogen-bond acceptors (Lipinski definition) is 5. The summed E-state index contributed by atoms with van der Waals surface area (Å²) in [5.74, 6) is 1.52. The van der Waals surface area contributed by atoms with Crippen molar-refractivity contribution in [2.45, 2.75) is 39.3 Å². The smallest absolute Gasteiger partial charge is 0.257 e. The van der Waals surface area contributed by atoms with E-state index in [9.17, 15) is 4.79 Å². The molecule has 0 unspecified atom stereocenters. The van der Waals surface area contributed by atoms with Crippen molar-refractivity contribution >= 4 is 16.9 Å². The second-order valence-electron chi connectivity index (χ2n) is 8.43. The summed E-state index contributed by atoms with van der Waals surface area (Å²) in [6.07, 6.45) is 5.01. The molecule has 2 aliphatic rings. The lowest BCUT2D eigenvalue weighted by Gasteiger charge is -2.32. The van der Waals surface area contributed by atoms with Gasteiger partial charge in [-0.1, -0.05) is 25.1 Å². The first kappa shape index (κ1) is 18.3. The summed E-state index contributed by atoms with van der Waals surface area (Å²) >= 11 is 0. The Morgan fingerprint density at radius 2 is 1.97 bits per heavy atom. The monoisotopic (exact) mass is 389 g/mol. The van der Waals surface area contributed by atoms with E-state index in [0.29, 0.717) is 6.54 Å². The molecule has 3 aromatic rings. The van der Waals surface area contributed by atoms with Gasteiger partial charge in [0.1, 0.15) is 0 Å². The average molecular weight is 390 g/mol. The number of rotatable bonds is 3. The lowest BCUT2D eigenvalue weighted by Crippen LogP contribution is -2.39. The molecule has 1 saturated heterocycles. The zero-order valence-corrected chi connectivity index (χ0v) is 16.9. The maximum atomic E-state index is 12.8. The van der Waals surface area contributed by atoms with Crippen LogP contribution >= 0.6 is 0 Å². The van der Waals surface area contributed by atoms with Gasteiger partial charge in [-0.15, -0.1) is 0 Å². The van der Waals surface area contributed by atoms with Crippen LogP contribution in [-0.2, 0) is 19.5 Å². The van der Waals surface area contributed by atoms with E-state index < -0.39 is 0 Å². The molecule has 1 aromatic carbocycles. The van der Waals surface area contributed by atoms with E-state index in [-0.39, 0.29) is 5.56 Å². The maximum Gasteiger partial charge on any atom is 0.257 e. The van der Waals surface area contributed by atoms with Gasteiger partial charge in [-0.05, 0) is 36.5 Å². The molecule has 29 heavy (non-hydrogen) atoms. The van der Waals surface area contributed by atoms with Gasteiger partial charge in [0.05, 0.1) is 16.8 Å². The van der Waals surface area contributed by atoms with Crippen molar-refractivity contribution in [2.75, 3.05) is 24.5 Å². The molecule has 4 heterocycles. The minimum Gasteiger partial charge on any atom is -0.342 e. The second kappa shape index (κ2) is 7.59. The minimum absolute atomic E-state index is 0.0212. The molecular weight excluding hydrogens is 362 g/mol. The van der Waals surface area contributed by atoms with Gasteiger partial charge >= 0.3 is 0 Å². The van der Waals surface area contributed by atoms with Gasteiger partial charge < -0.3 is 4.90 Å². The topological polar surface area (TPSA) is 65.1 Å². The molecule has 2 aliphatic heterocycles. The summed E-state index contributed by atoms with van der Waals surface area (Å²) < 4.78 is 0. The van der Waals surface area contributed by atoms with Gasteiger partial charge in [-0.3, -0.25) is 19.7 Å². The van der Waals surface area contributed by atoms with Gasteiger partial charge in [0.25, 0.3) is 5.56 Å². The first-order valence-corrected chi connectivity index (χ1v) is 10.6. The van der Waals surface area contributed by atoms with E-state index >= 15 is 0 Å². The third-order valence-corrected chi connectivity index (χ3v) is 6.35. The van der Waals surface area contributed by atoms with Crippen LogP contribution < -0.4 is 10.5 Å². The summed E-state index contributed by atoms with van der Waals surface area (Å²) in [5.41, 5.74) is 4.08. The number of nitrogens with one attached hydrogen (secondary N) is 1. The number of anilines is 1. The number of H-pyrrole nitrogens is 1. The Balaban J connectivity index is 1.36. The number of piperidine rings is 1. The molecular formula is C23H27N5O. The first-order valence-electron chi connectivity index (χ1n) is 10.6. The Labute approximate surface area is 170 Å². The highest BCUT2D eigenvalue weighted by Gasteiger charge is 2.24. The van der Waals surface area contributed by atoms with Crippen molar-refractivity contribution in [3.8, 4) is 0 Å². The molecule has 6 heteroatoms. The minimum atomic E-state index is 0.0212. The lowest BCUT2D eigenvalue weighted by atomic mass is 9.99. The maximum absolute atomic E-state index is 12.8. The van der Waals surface area contributed by atoms with E-state index in [1.165, 1.54) is 10.9 Å². The molecule has 5 rings (SSSR count).